The lowest BCUT2D eigenvalue weighted by Crippen LogP contribution is -2.42. The van der Waals surface area contributed by atoms with Crippen LogP contribution < -0.4 is 0 Å². The molecule has 1 aromatic carbocycles. The van der Waals surface area contributed by atoms with Crippen LogP contribution in [0.1, 0.15) is 36.2 Å². The summed E-state index contributed by atoms with van der Waals surface area (Å²) in [5.41, 5.74) is 4.45. The number of hydrogen-bond donors (Lipinski definition) is 2. The molecule has 0 unspecified atom stereocenters. The molecule has 104 valence electrons. The number of nitrogens with one attached hydrogen (secondary N) is 1. The first kappa shape index (κ1) is 12.9. The normalized spacial score (nSPS) is 16.7. The number of aromatic nitrogens is 2. The van der Waals surface area contributed by atoms with Gasteiger partial charge in [-0.05, 0) is 37.8 Å². The van der Waals surface area contributed by atoms with Crippen LogP contribution in [-0.2, 0) is 10.2 Å². The van der Waals surface area contributed by atoms with Crippen LogP contribution in [0.15, 0.2) is 24.3 Å². The van der Waals surface area contributed by atoms with Gasteiger partial charge >= 0.3 is 5.97 Å². The smallest absolute Gasteiger partial charge is 0.314 e. The lowest BCUT2D eigenvalue weighted by Gasteiger charge is -2.38. The standard InChI is InChI=1S/C16H18N2O2/c1-10-14(11(2)18-17-10)12-4-6-13(7-5-12)16(15(19)20)8-3-9-16/h4-7H,3,8-9H2,1-2H3,(H,17,18)(H,19,20). The van der Waals surface area contributed by atoms with Gasteiger partial charge in [-0.1, -0.05) is 30.7 Å². The van der Waals surface area contributed by atoms with Gasteiger partial charge in [0.05, 0.1) is 11.1 Å². The summed E-state index contributed by atoms with van der Waals surface area (Å²) in [5.74, 6) is -0.702. The molecule has 2 aromatic rings. The Kier molecular flexibility index (Phi) is 2.89. The highest BCUT2D eigenvalue weighted by Crippen LogP contribution is 2.44. The zero-order chi connectivity index (χ0) is 14.3. The van der Waals surface area contributed by atoms with Crippen LogP contribution in [0.2, 0.25) is 0 Å². The molecule has 1 heterocycles. The van der Waals surface area contributed by atoms with Gasteiger partial charge in [-0.25, -0.2) is 0 Å². The second-order valence-electron chi connectivity index (χ2n) is 5.63. The van der Waals surface area contributed by atoms with Gasteiger partial charge in [-0.15, -0.1) is 0 Å². The number of rotatable bonds is 3. The summed E-state index contributed by atoms with van der Waals surface area (Å²) < 4.78 is 0. The molecule has 0 bridgehead atoms. The summed E-state index contributed by atoms with van der Waals surface area (Å²) in [5, 5.41) is 16.6. The molecule has 3 rings (SSSR count). The monoisotopic (exact) mass is 270 g/mol. The van der Waals surface area contributed by atoms with Crippen molar-refractivity contribution in [1.29, 1.82) is 0 Å². The molecule has 1 aromatic heterocycles. The van der Waals surface area contributed by atoms with Crippen LogP contribution in [0, 0.1) is 13.8 Å². The maximum Gasteiger partial charge on any atom is 0.314 e. The van der Waals surface area contributed by atoms with E-state index in [4.69, 9.17) is 0 Å². The molecule has 2 N–H and O–H groups in total. The average molecular weight is 270 g/mol. The molecule has 0 aliphatic heterocycles. The third-order valence-electron chi connectivity index (χ3n) is 4.47. The minimum atomic E-state index is -0.702. The second-order valence-corrected chi connectivity index (χ2v) is 5.63. The van der Waals surface area contributed by atoms with Crippen molar-refractivity contribution in [2.45, 2.75) is 38.5 Å². The molecule has 20 heavy (non-hydrogen) atoms. The zero-order valence-corrected chi connectivity index (χ0v) is 11.7. The van der Waals surface area contributed by atoms with Gasteiger partial charge in [-0.2, -0.15) is 5.10 Å². The fourth-order valence-corrected chi connectivity index (χ4v) is 3.09. The SMILES string of the molecule is Cc1n[nH]c(C)c1-c1ccc(C2(C(=O)O)CCC2)cc1. The molecule has 1 fully saturated rings. The number of H-pyrrole nitrogens is 1. The van der Waals surface area contributed by atoms with E-state index in [-0.39, 0.29) is 0 Å². The van der Waals surface area contributed by atoms with Crippen molar-refractivity contribution in [3.05, 3.63) is 41.2 Å². The van der Waals surface area contributed by atoms with Crippen LogP contribution in [-0.4, -0.2) is 21.3 Å². The zero-order valence-electron chi connectivity index (χ0n) is 11.7. The summed E-state index contributed by atoms with van der Waals surface area (Å²) in [6.07, 6.45) is 2.48. The van der Waals surface area contributed by atoms with Crippen LogP contribution >= 0.6 is 0 Å². The fourth-order valence-electron chi connectivity index (χ4n) is 3.09. The van der Waals surface area contributed by atoms with Gasteiger partial charge in [0.1, 0.15) is 0 Å². The lowest BCUT2D eigenvalue weighted by molar-refractivity contribution is -0.147. The minimum Gasteiger partial charge on any atom is -0.481 e. The van der Waals surface area contributed by atoms with Gasteiger partial charge in [0.25, 0.3) is 0 Å². The van der Waals surface area contributed by atoms with Crippen molar-refractivity contribution in [3.8, 4) is 11.1 Å². The maximum atomic E-state index is 11.5. The van der Waals surface area contributed by atoms with E-state index in [1.165, 1.54) is 0 Å². The summed E-state index contributed by atoms with van der Waals surface area (Å²) in [6.45, 7) is 3.96. The molecule has 1 aliphatic rings. The van der Waals surface area contributed by atoms with Gasteiger partial charge in [-0.3, -0.25) is 9.89 Å². The molecule has 0 spiro atoms. The predicted molar refractivity (Wildman–Crippen MR) is 76.7 cm³/mol. The van der Waals surface area contributed by atoms with Gasteiger partial charge in [0.15, 0.2) is 0 Å². The van der Waals surface area contributed by atoms with E-state index in [9.17, 15) is 9.90 Å². The highest BCUT2D eigenvalue weighted by Gasteiger charge is 2.45. The summed E-state index contributed by atoms with van der Waals surface area (Å²) in [4.78, 5) is 11.5. The molecular weight excluding hydrogens is 252 g/mol. The van der Waals surface area contributed by atoms with E-state index in [0.29, 0.717) is 0 Å². The van der Waals surface area contributed by atoms with Gasteiger partial charge < -0.3 is 5.11 Å². The first-order valence-corrected chi connectivity index (χ1v) is 6.90. The molecule has 4 nitrogen and oxygen atoms in total. The highest BCUT2D eigenvalue weighted by atomic mass is 16.4. The summed E-state index contributed by atoms with van der Waals surface area (Å²) in [6, 6.07) is 7.91. The Hall–Kier alpha value is -2.10. The third-order valence-corrected chi connectivity index (χ3v) is 4.47. The van der Waals surface area contributed by atoms with E-state index >= 15 is 0 Å². The van der Waals surface area contributed by atoms with Crippen molar-refractivity contribution >= 4 is 5.97 Å². The number of carbonyl (C=O) groups is 1. The summed E-state index contributed by atoms with van der Waals surface area (Å²) in [7, 11) is 0. The average Bonchev–Trinajstić information content (AvgIpc) is 2.68. The topological polar surface area (TPSA) is 66.0 Å². The van der Waals surface area contributed by atoms with E-state index in [2.05, 4.69) is 10.2 Å². The van der Waals surface area contributed by atoms with Crippen molar-refractivity contribution in [2.24, 2.45) is 0 Å². The molecule has 0 atom stereocenters. The number of hydrogen-bond acceptors (Lipinski definition) is 2. The van der Waals surface area contributed by atoms with Crippen LogP contribution in [0.4, 0.5) is 0 Å². The van der Waals surface area contributed by atoms with Crippen molar-refractivity contribution in [2.75, 3.05) is 0 Å². The molecule has 1 aliphatic carbocycles. The highest BCUT2D eigenvalue weighted by molar-refractivity contribution is 5.83. The Labute approximate surface area is 117 Å². The predicted octanol–water partition coefficient (Wildman–Crippen LogP) is 3.20. The number of aryl methyl sites for hydroxylation is 2. The minimum absolute atomic E-state index is 0.654. The van der Waals surface area contributed by atoms with E-state index in [0.717, 1.165) is 47.3 Å². The van der Waals surface area contributed by atoms with E-state index < -0.39 is 11.4 Å². The number of carboxylic acids is 1. The Morgan fingerprint density at radius 2 is 1.90 bits per heavy atom. The van der Waals surface area contributed by atoms with Crippen molar-refractivity contribution < 1.29 is 9.90 Å². The first-order valence-electron chi connectivity index (χ1n) is 6.90. The Bertz CT molecular complexity index is 632. The molecule has 0 amide bonds. The van der Waals surface area contributed by atoms with Gasteiger partial charge in [0.2, 0.25) is 0 Å². The number of carboxylic acid groups (broad SMARTS) is 1. The molecule has 1 saturated carbocycles. The summed E-state index contributed by atoms with van der Waals surface area (Å²) >= 11 is 0. The molecule has 4 heteroatoms. The largest absolute Gasteiger partial charge is 0.481 e. The number of aliphatic carboxylic acids is 1. The van der Waals surface area contributed by atoms with E-state index in [1.54, 1.807) is 0 Å². The Morgan fingerprint density at radius 3 is 2.30 bits per heavy atom. The fraction of sp³-hybridized carbons (Fsp3) is 0.375. The maximum absolute atomic E-state index is 11.5. The van der Waals surface area contributed by atoms with E-state index in [1.807, 2.05) is 38.1 Å². The Balaban J connectivity index is 1.98. The van der Waals surface area contributed by atoms with Crippen molar-refractivity contribution in [1.82, 2.24) is 10.2 Å². The molecular formula is C16H18N2O2. The quantitative estimate of drug-likeness (QED) is 0.900. The lowest BCUT2D eigenvalue weighted by atomic mass is 9.64. The molecule has 0 radical (unpaired) electrons. The Morgan fingerprint density at radius 1 is 1.25 bits per heavy atom. The second kappa shape index (κ2) is 4.47. The first-order chi connectivity index (χ1) is 9.54. The van der Waals surface area contributed by atoms with Crippen molar-refractivity contribution in [3.63, 3.8) is 0 Å². The van der Waals surface area contributed by atoms with Gasteiger partial charge in [0, 0.05) is 11.3 Å². The van der Waals surface area contributed by atoms with Crippen LogP contribution in [0.3, 0.4) is 0 Å². The van der Waals surface area contributed by atoms with Crippen LogP contribution in [0.25, 0.3) is 11.1 Å². The number of benzene rings is 1. The van der Waals surface area contributed by atoms with Crippen LogP contribution in [0.5, 0.6) is 0 Å². The third kappa shape index (κ3) is 1.75. The molecule has 0 saturated heterocycles. The number of aromatic amines is 1. The number of nitrogens with zero attached hydrogens (tertiary/aromatic N) is 1.